The molecule has 0 amide bonds. The van der Waals surface area contributed by atoms with Gasteiger partial charge in [0.25, 0.3) is 0 Å². The maximum absolute atomic E-state index is 6.11. The number of benzene rings is 1. The zero-order valence-corrected chi connectivity index (χ0v) is 24.6. The highest BCUT2D eigenvalue weighted by Crippen LogP contribution is 2.35. The van der Waals surface area contributed by atoms with Crippen molar-refractivity contribution in [2.45, 2.75) is 102 Å². The predicted molar refractivity (Wildman–Crippen MR) is 165 cm³/mol. The van der Waals surface area contributed by atoms with Crippen LogP contribution in [0.15, 0.2) is 30.6 Å². The molecule has 1 saturated carbocycles. The van der Waals surface area contributed by atoms with Gasteiger partial charge >= 0.3 is 0 Å². The molecule has 3 N–H and O–H groups in total. The van der Waals surface area contributed by atoms with Crippen molar-refractivity contribution in [2.75, 3.05) is 30.9 Å². The molecule has 2 unspecified atom stereocenters. The average molecular weight is 560 g/mol. The number of fused-ring (bicyclic) bond motifs is 1. The molecule has 1 saturated heterocycles. The Morgan fingerprint density at radius 3 is 2.78 bits per heavy atom. The normalized spacial score (nSPS) is 22.0. The molecule has 0 radical (unpaired) electrons. The lowest BCUT2D eigenvalue weighted by atomic mass is 9.92. The Morgan fingerprint density at radius 1 is 1.10 bits per heavy atom. The van der Waals surface area contributed by atoms with Crippen LogP contribution in [0.4, 0.5) is 17.5 Å². The van der Waals surface area contributed by atoms with Crippen molar-refractivity contribution in [3.63, 3.8) is 0 Å². The number of aromatic nitrogens is 4. The number of unbranched alkanes of at least 4 members (excludes halogenated alkanes) is 1. The lowest BCUT2D eigenvalue weighted by Gasteiger charge is -2.25. The van der Waals surface area contributed by atoms with E-state index in [-0.39, 0.29) is 6.23 Å². The van der Waals surface area contributed by atoms with Gasteiger partial charge in [0.2, 0.25) is 5.95 Å². The molecule has 9 nitrogen and oxygen atoms in total. The molecule has 0 spiro atoms. The first-order valence-electron chi connectivity index (χ1n) is 15.7. The number of hydrogen-bond acceptors (Lipinski definition) is 8. The van der Waals surface area contributed by atoms with Gasteiger partial charge < -0.3 is 25.4 Å². The summed E-state index contributed by atoms with van der Waals surface area (Å²) >= 11 is 0. The van der Waals surface area contributed by atoms with Crippen LogP contribution in [0.5, 0.6) is 5.75 Å². The van der Waals surface area contributed by atoms with Gasteiger partial charge in [-0.1, -0.05) is 51.2 Å². The lowest BCUT2D eigenvalue weighted by Crippen LogP contribution is -2.32. The molecule has 4 heterocycles. The molecular formula is C32H45N7O2. The Kier molecular flexibility index (Phi) is 9.01. The van der Waals surface area contributed by atoms with Crippen LogP contribution in [0.1, 0.15) is 95.8 Å². The highest BCUT2D eigenvalue weighted by atomic mass is 16.5. The summed E-state index contributed by atoms with van der Waals surface area (Å²) in [6.07, 6.45) is 18.2. The predicted octanol–water partition coefficient (Wildman–Crippen LogP) is 6.96. The molecule has 220 valence electrons. The Morgan fingerprint density at radius 2 is 1.98 bits per heavy atom. The maximum Gasteiger partial charge on any atom is 0.231 e. The summed E-state index contributed by atoms with van der Waals surface area (Å²) in [5.74, 6) is 2.09. The minimum Gasteiger partial charge on any atom is -0.495 e. The van der Waals surface area contributed by atoms with Gasteiger partial charge in [-0.15, -0.1) is 0 Å². The van der Waals surface area contributed by atoms with Crippen LogP contribution >= 0.6 is 0 Å². The van der Waals surface area contributed by atoms with Gasteiger partial charge in [-0.05, 0) is 68.2 Å². The Balaban J connectivity index is 1.29. The molecule has 3 aliphatic rings. The summed E-state index contributed by atoms with van der Waals surface area (Å²) in [7, 11) is 1.72. The van der Waals surface area contributed by atoms with E-state index in [4.69, 9.17) is 24.4 Å². The van der Waals surface area contributed by atoms with Gasteiger partial charge in [0.1, 0.15) is 12.0 Å². The van der Waals surface area contributed by atoms with Crippen LogP contribution < -0.4 is 20.7 Å². The summed E-state index contributed by atoms with van der Waals surface area (Å²) in [6, 6.07) is 7.34. The van der Waals surface area contributed by atoms with Gasteiger partial charge in [-0.2, -0.15) is 9.97 Å². The number of anilines is 3. The smallest absolute Gasteiger partial charge is 0.231 e. The third-order valence-corrected chi connectivity index (χ3v) is 8.78. The number of methoxy groups -OCH3 is 1. The second-order valence-electron chi connectivity index (χ2n) is 11.7. The number of ether oxygens (including phenoxy) is 2. The van der Waals surface area contributed by atoms with Crippen molar-refractivity contribution in [3.8, 4) is 5.75 Å². The molecule has 2 fully saturated rings. The number of imidazole rings is 1. The van der Waals surface area contributed by atoms with E-state index in [2.05, 4.69) is 51.7 Å². The summed E-state index contributed by atoms with van der Waals surface area (Å²) in [6.45, 7) is 3.93. The van der Waals surface area contributed by atoms with E-state index >= 15 is 0 Å². The van der Waals surface area contributed by atoms with Crippen molar-refractivity contribution in [3.05, 3.63) is 36.2 Å². The van der Waals surface area contributed by atoms with E-state index < -0.39 is 0 Å². The van der Waals surface area contributed by atoms with Crippen molar-refractivity contribution >= 4 is 34.2 Å². The largest absolute Gasteiger partial charge is 0.495 e. The molecule has 3 aromatic rings. The topological polar surface area (TPSA) is 98.2 Å². The number of nitrogens with one attached hydrogen (secondary N) is 3. The molecule has 2 atom stereocenters. The van der Waals surface area contributed by atoms with Gasteiger partial charge in [-0.25, -0.2) is 4.98 Å². The van der Waals surface area contributed by atoms with E-state index in [1.54, 1.807) is 7.11 Å². The summed E-state index contributed by atoms with van der Waals surface area (Å²) in [4.78, 5) is 14.7. The number of nitrogens with zero attached hydrogens (tertiary/aromatic N) is 4. The first kappa shape index (κ1) is 28.0. The Bertz CT molecular complexity index is 1340. The van der Waals surface area contributed by atoms with E-state index in [0.717, 1.165) is 80.1 Å². The van der Waals surface area contributed by atoms with E-state index in [0.29, 0.717) is 18.0 Å². The first-order chi connectivity index (χ1) is 20.2. The van der Waals surface area contributed by atoms with Crippen molar-refractivity contribution in [2.24, 2.45) is 0 Å². The van der Waals surface area contributed by atoms with Crippen LogP contribution in [0.25, 0.3) is 16.7 Å². The summed E-state index contributed by atoms with van der Waals surface area (Å²) in [5, 5.41) is 10.8. The third kappa shape index (κ3) is 6.51. The molecule has 41 heavy (non-hydrogen) atoms. The molecule has 1 aromatic carbocycles. The zero-order valence-electron chi connectivity index (χ0n) is 24.6. The van der Waals surface area contributed by atoms with Crippen LogP contribution in [-0.2, 0) is 4.74 Å². The summed E-state index contributed by atoms with van der Waals surface area (Å²) < 4.78 is 14.1. The van der Waals surface area contributed by atoms with Crippen LogP contribution in [0.3, 0.4) is 0 Å². The van der Waals surface area contributed by atoms with Gasteiger partial charge in [0.15, 0.2) is 17.0 Å². The minimum absolute atomic E-state index is 0.0488. The van der Waals surface area contributed by atoms with Crippen LogP contribution in [0, 0.1) is 0 Å². The minimum atomic E-state index is -0.0488. The number of hydrogen-bond donors (Lipinski definition) is 3. The lowest BCUT2D eigenvalue weighted by molar-refractivity contribution is -0.0298. The average Bonchev–Trinajstić information content (AvgIpc) is 3.46. The van der Waals surface area contributed by atoms with E-state index in [1.165, 1.54) is 49.7 Å². The summed E-state index contributed by atoms with van der Waals surface area (Å²) in [5.41, 5.74) is 5.02. The standard InChI is InChI=1S/C32H45N7O2/c1-3-4-10-25-19-23(16-17-33-25)22-14-15-26(27(20-22)40-2)36-32-37-30(35-24-11-6-5-7-12-24)29-31(38-32)39(21-34-29)28-13-8-9-18-41-28/h14-16,20-21,24-25,28,33H,3-13,17-19H2,1-2H3,(H2,35,36,37,38). The maximum atomic E-state index is 6.11. The third-order valence-electron chi connectivity index (χ3n) is 8.78. The molecule has 0 bridgehead atoms. The van der Waals surface area contributed by atoms with Gasteiger partial charge in [-0.3, -0.25) is 4.57 Å². The quantitative estimate of drug-likeness (QED) is 0.245. The van der Waals surface area contributed by atoms with Crippen molar-refractivity contribution < 1.29 is 9.47 Å². The molecular weight excluding hydrogens is 514 g/mol. The van der Waals surface area contributed by atoms with Crippen molar-refractivity contribution in [1.29, 1.82) is 0 Å². The number of rotatable bonds is 10. The molecule has 1 aliphatic carbocycles. The fourth-order valence-electron chi connectivity index (χ4n) is 6.44. The second-order valence-corrected chi connectivity index (χ2v) is 11.7. The highest BCUT2D eigenvalue weighted by Gasteiger charge is 2.24. The van der Waals surface area contributed by atoms with Gasteiger partial charge in [0, 0.05) is 25.2 Å². The second kappa shape index (κ2) is 13.2. The van der Waals surface area contributed by atoms with E-state index in [1.807, 2.05) is 6.33 Å². The molecule has 2 aromatic heterocycles. The van der Waals surface area contributed by atoms with Gasteiger partial charge in [0.05, 0.1) is 19.1 Å². The molecule has 9 heteroatoms. The molecule has 2 aliphatic heterocycles. The fourth-order valence-corrected chi connectivity index (χ4v) is 6.44. The molecule has 6 rings (SSSR count). The van der Waals surface area contributed by atoms with Crippen LogP contribution in [0.2, 0.25) is 0 Å². The fraction of sp³-hybridized carbons (Fsp3) is 0.594. The Hall–Kier alpha value is -3.17. The first-order valence-corrected chi connectivity index (χ1v) is 15.7. The van der Waals surface area contributed by atoms with E-state index in [9.17, 15) is 0 Å². The SMILES string of the molecule is CCCCC1CC(c2ccc(Nc3nc(NC4CCCCC4)c4ncn(C5CCCCO5)c4n3)c(OC)c2)=CCN1. The monoisotopic (exact) mass is 559 g/mol. The zero-order chi connectivity index (χ0) is 28.0. The Labute approximate surface area is 243 Å². The highest BCUT2D eigenvalue weighted by molar-refractivity contribution is 5.85. The van der Waals surface area contributed by atoms with Crippen molar-refractivity contribution in [1.82, 2.24) is 24.8 Å². The van der Waals surface area contributed by atoms with Crippen LogP contribution in [-0.4, -0.2) is 51.9 Å².